The molecule has 0 saturated carbocycles. The molecule has 4 aromatic carbocycles. The van der Waals surface area contributed by atoms with Gasteiger partial charge in [0.25, 0.3) is 5.91 Å². The lowest BCUT2D eigenvalue weighted by atomic mass is 10.0. The van der Waals surface area contributed by atoms with Crippen molar-refractivity contribution in [3.63, 3.8) is 0 Å². The number of fused-ring (bicyclic) bond motifs is 1. The van der Waals surface area contributed by atoms with Crippen molar-refractivity contribution in [1.82, 2.24) is 5.43 Å². The maximum Gasteiger partial charge on any atom is 0.573 e. The molecule has 0 aliphatic rings. The number of nitrogens with zero attached hydrogens (tertiary/aromatic N) is 1. The molecule has 1 amide bonds. The lowest BCUT2D eigenvalue weighted by Crippen LogP contribution is -2.17. The van der Waals surface area contributed by atoms with Gasteiger partial charge in [0.1, 0.15) is 18.1 Å². The minimum Gasteiger partial charge on any atom is -0.488 e. The summed E-state index contributed by atoms with van der Waals surface area (Å²) < 4.78 is 46.8. The number of hydrazone groups is 1. The van der Waals surface area contributed by atoms with Crippen LogP contribution in [0.15, 0.2) is 90.0 Å². The van der Waals surface area contributed by atoms with E-state index < -0.39 is 6.36 Å². The summed E-state index contributed by atoms with van der Waals surface area (Å²) in [6.07, 6.45) is -3.16. The van der Waals surface area contributed by atoms with E-state index in [4.69, 9.17) is 4.74 Å². The van der Waals surface area contributed by atoms with Gasteiger partial charge in [0.15, 0.2) is 0 Å². The number of carbonyl (C=O) groups excluding carboxylic acids is 1. The molecule has 0 spiro atoms. The van der Waals surface area contributed by atoms with Gasteiger partial charge in [-0.3, -0.25) is 4.79 Å². The molecule has 0 bridgehead atoms. The zero-order chi connectivity index (χ0) is 24.8. The molecule has 4 rings (SSSR count). The highest BCUT2D eigenvalue weighted by Gasteiger charge is 2.30. The summed E-state index contributed by atoms with van der Waals surface area (Å²) >= 11 is 0. The normalized spacial score (nSPS) is 11.5. The predicted molar refractivity (Wildman–Crippen MR) is 128 cm³/mol. The van der Waals surface area contributed by atoms with Crippen LogP contribution in [-0.2, 0) is 6.61 Å². The molecule has 0 unspecified atom stereocenters. The molecule has 1 N–H and O–H groups in total. The van der Waals surface area contributed by atoms with Crippen molar-refractivity contribution in [3.05, 3.63) is 107 Å². The fourth-order valence-corrected chi connectivity index (χ4v) is 3.41. The Kier molecular flexibility index (Phi) is 7.01. The molecule has 0 aliphatic carbocycles. The minimum absolute atomic E-state index is 0.163. The molecule has 0 heterocycles. The molecule has 0 atom stereocenters. The first-order valence-electron chi connectivity index (χ1n) is 10.7. The standard InChI is InChI=1S/C27H21F3N2O3/c1-18-6-10-20(11-7-18)26(33)32-31-16-21-12-15-25(24-5-3-2-4-23(21)24)34-17-19-8-13-22(14-9-19)35-27(28,29)30/h2-16H,17H2,1H3,(H,32,33)/b31-16+. The van der Waals surface area contributed by atoms with Crippen LogP contribution >= 0.6 is 0 Å². The summed E-state index contributed by atoms with van der Waals surface area (Å²) in [6.45, 7) is 2.11. The van der Waals surface area contributed by atoms with E-state index in [0.717, 1.165) is 21.9 Å². The Hall–Kier alpha value is -4.33. The Bertz CT molecular complexity index is 1350. The van der Waals surface area contributed by atoms with Gasteiger partial charge in [0, 0.05) is 16.5 Å². The molecule has 0 radical (unpaired) electrons. The largest absolute Gasteiger partial charge is 0.573 e. The second-order valence-electron chi connectivity index (χ2n) is 7.74. The Morgan fingerprint density at radius 3 is 2.29 bits per heavy atom. The summed E-state index contributed by atoms with van der Waals surface area (Å²) in [5, 5.41) is 5.79. The molecule has 0 aliphatic heterocycles. The van der Waals surface area contributed by atoms with Crippen molar-refractivity contribution in [2.75, 3.05) is 0 Å². The number of halogens is 3. The van der Waals surface area contributed by atoms with Gasteiger partial charge in [0.05, 0.1) is 6.21 Å². The summed E-state index contributed by atoms with van der Waals surface area (Å²) in [5.41, 5.74) is 5.58. The second-order valence-corrected chi connectivity index (χ2v) is 7.74. The maximum absolute atomic E-state index is 12.3. The molecule has 4 aromatic rings. The Morgan fingerprint density at radius 2 is 1.60 bits per heavy atom. The van der Waals surface area contributed by atoms with E-state index in [1.165, 1.54) is 24.3 Å². The van der Waals surface area contributed by atoms with E-state index in [-0.39, 0.29) is 18.3 Å². The zero-order valence-electron chi connectivity index (χ0n) is 18.7. The van der Waals surface area contributed by atoms with Crippen molar-refractivity contribution in [1.29, 1.82) is 0 Å². The first-order valence-corrected chi connectivity index (χ1v) is 10.7. The Morgan fingerprint density at radius 1 is 0.914 bits per heavy atom. The van der Waals surface area contributed by atoms with E-state index in [0.29, 0.717) is 16.9 Å². The van der Waals surface area contributed by atoms with Gasteiger partial charge in [-0.1, -0.05) is 54.1 Å². The molecular formula is C27H21F3N2O3. The Balaban J connectivity index is 1.45. The van der Waals surface area contributed by atoms with Gasteiger partial charge in [-0.2, -0.15) is 5.10 Å². The van der Waals surface area contributed by atoms with Gasteiger partial charge < -0.3 is 9.47 Å². The number of carbonyl (C=O) groups is 1. The molecular weight excluding hydrogens is 457 g/mol. The van der Waals surface area contributed by atoms with Gasteiger partial charge in [-0.15, -0.1) is 13.2 Å². The summed E-state index contributed by atoms with van der Waals surface area (Å²) in [4.78, 5) is 12.3. The van der Waals surface area contributed by atoms with Crippen LogP contribution in [-0.4, -0.2) is 18.5 Å². The van der Waals surface area contributed by atoms with Crippen LogP contribution in [0.25, 0.3) is 10.8 Å². The van der Waals surface area contributed by atoms with Crippen LogP contribution in [0.5, 0.6) is 11.5 Å². The fourth-order valence-electron chi connectivity index (χ4n) is 3.41. The molecule has 5 nitrogen and oxygen atoms in total. The molecule has 8 heteroatoms. The summed E-state index contributed by atoms with van der Waals surface area (Å²) in [5.74, 6) is 0.0130. The van der Waals surface area contributed by atoms with Crippen LogP contribution in [0.4, 0.5) is 13.2 Å². The summed E-state index contributed by atoms with van der Waals surface area (Å²) in [6, 6.07) is 23.9. The first kappa shape index (κ1) is 23.8. The fraction of sp³-hybridized carbons (Fsp3) is 0.111. The number of benzene rings is 4. The molecule has 0 fully saturated rings. The average Bonchev–Trinajstić information content (AvgIpc) is 2.83. The highest BCUT2D eigenvalue weighted by atomic mass is 19.4. The number of alkyl halides is 3. The number of hydrogen-bond donors (Lipinski definition) is 1. The third kappa shape index (κ3) is 6.38. The van der Waals surface area contributed by atoms with Gasteiger partial charge in [-0.25, -0.2) is 5.43 Å². The van der Waals surface area contributed by atoms with Crippen molar-refractivity contribution in [2.45, 2.75) is 19.9 Å². The number of rotatable bonds is 7. The number of amides is 1. The molecule has 0 aromatic heterocycles. The lowest BCUT2D eigenvalue weighted by Gasteiger charge is -2.12. The minimum atomic E-state index is -4.73. The van der Waals surface area contributed by atoms with Crippen molar-refractivity contribution < 1.29 is 27.4 Å². The second kappa shape index (κ2) is 10.3. The maximum atomic E-state index is 12.3. The lowest BCUT2D eigenvalue weighted by molar-refractivity contribution is -0.274. The number of hydrogen-bond acceptors (Lipinski definition) is 4. The third-order valence-corrected chi connectivity index (χ3v) is 5.15. The average molecular weight is 478 g/mol. The smallest absolute Gasteiger partial charge is 0.488 e. The molecule has 0 saturated heterocycles. The number of ether oxygens (including phenoxy) is 2. The number of aryl methyl sites for hydroxylation is 1. The summed E-state index contributed by atoms with van der Waals surface area (Å²) in [7, 11) is 0. The topological polar surface area (TPSA) is 59.9 Å². The van der Waals surface area contributed by atoms with E-state index in [1.807, 2.05) is 49.4 Å². The van der Waals surface area contributed by atoms with E-state index in [9.17, 15) is 18.0 Å². The van der Waals surface area contributed by atoms with Crippen LogP contribution < -0.4 is 14.9 Å². The predicted octanol–water partition coefficient (Wildman–Crippen LogP) is 6.39. The van der Waals surface area contributed by atoms with E-state index in [2.05, 4.69) is 15.3 Å². The van der Waals surface area contributed by atoms with Gasteiger partial charge in [0.2, 0.25) is 0 Å². The van der Waals surface area contributed by atoms with Gasteiger partial charge >= 0.3 is 6.36 Å². The van der Waals surface area contributed by atoms with Crippen LogP contribution in [0.3, 0.4) is 0 Å². The third-order valence-electron chi connectivity index (χ3n) is 5.15. The Labute approximate surface area is 199 Å². The molecule has 35 heavy (non-hydrogen) atoms. The molecule has 178 valence electrons. The van der Waals surface area contributed by atoms with Crippen molar-refractivity contribution in [2.24, 2.45) is 5.10 Å². The van der Waals surface area contributed by atoms with E-state index in [1.54, 1.807) is 24.4 Å². The van der Waals surface area contributed by atoms with Crippen molar-refractivity contribution >= 4 is 22.9 Å². The monoisotopic (exact) mass is 478 g/mol. The zero-order valence-corrected chi connectivity index (χ0v) is 18.7. The van der Waals surface area contributed by atoms with Crippen LogP contribution in [0.1, 0.15) is 27.0 Å². The number of nitrogens with one attached hydrogen (secondary N) is 1. The highest BCUT2D eigenvalue weighted by Crippen LogP contribution is 2.29. The van der Waals surface area contributed by atoms with E-state index >= 15 is 0 Å². The highest BCUT2D eigenvalue weighted by molar-refractivity contribution is 6.03. The first-order chi connectivity index (χ1) is 16.8. The quantitative estimate of drug-likeness (QED) is 0.247. The van der Waals surface area contributed by atoms with Crippen LogP contribution in [0, 0.1) is 6.92 Å². The van der Waals surface area contributed by atoms with Gasteiger partial charge in [-0.05, 0) is 54.3 Å². The van der Waals surface area contributed by atoms with Crippen molar-refractivity contribution in [3.8, 4) is 11.5 Å². The SMILES string of the molecule is Cc1ccc(C(=O)N/N=C/c2ccc(OCc3ccc(OC(F)(F)F)cc3)c3ccccc23)cc1. The van der Waals surface area contributed by atoms with Crippen LogP contribution in [0.2, 0.25) is 0 Å².